The van der Waals surface area contributed by atoms with E-state index in [1.54, 1.807) is 7.11 Å². The third-order valence-electron chi connectivity index (χ3n) is 4.32. The van der Waals surface area contributed by atoms with Gasteiger partial charge < -0.3 is 10.1 Å². The molecule has 1 saturated heterocycles. The van der Waals surface area contributed by atoms with Crippen LogP contribution in [0.1, 0.15) is 35.4 Å². The second kappa shape index (κ2) is 3.75. The lowest BCUT2D eigenvalue weighted by atomic mass is 9.91. The number of hydrogen-bond donors (Lipinski definition) is 1. The number of nitrogens with one attached hydrogen (secondary N) is 1. The van der Waals surface area contributed by atoms with Crippen molar-refractivity contribution in [3.63, 3.8) is 0 Å². The van der Waals surface area contributed by atoms with E-state index in [2.05, 4.69) is 24.4 Å². The van der Waals surface area contributed by atoms with Gasteiger partial charge in [0.25, 0.3) is 0 Å². The zero-order chi connectivity index (χ0) is 12.0. The fraction of sp³-hybridized carbons (Fsp3) is 0.500. The Morgan fingerprint density at radius 2 is 2.18 bits per heavy atom. The first-order valence-electron chi connectivity index (χ1n) is 6.09. The lowest BCUT2D eigenvalue weighted by Crippen LogP contribution is -2.12. The molecule has 2 aliphatic rings. The van der Waals surface area contributed by atoms with E-state index in [-0.39, 0.29) is 0 Å². The van der Waals surface area contributed by atoms with Crippen LogP contribution in [0.25, 0.3) is 0 Å². The Morgan fingerprint density at radius 3 is 2.88 bits per heavy atom. The average Bonchev–Trinajstić information content (AvgIpc) is 2.92. The number of benzene rings is 1. The van der Waals surface area contributed by atoms with Gasteiger partial charge in [-0.05, 0) is 41.6 Å². The molecule has 3 rings (SSSR count). The van der Waals surface area contributed by atoms with Crippen LogP contribution in [0.3, 0.4) is 0 Å². The molecule has 0 bridgehead atoms. The molecule has 3 atom stereocenters. The number of hydrogen-bond acceptors (Lipinski definition) is 3. The standard InChI is InChI=1S/C14H16N2O/c1-8-10-3-9(5-15)14(17-2)4-11(10)13-7-16-6-12(8)13/h3-4,8,12-13,16H,6-7H2,1-2H3. The molecule has 3 nitrogen and oxygen atoms in total. The zero-order valence-corrected chi connectivity index (χ0v) is 10.2. The predicted molar refractivity (Wildman–Crippen MR) is 65.2 cm³/mol. The highest BCUT2D eigenvalue weighted by Gasteiger charge is 2.41. The molecule has 17 heavy (non-hydrogen) atoms. The molecule has 3 unspecified atom stereocenters. The highest BCUT2D eigenvalue weighted by Crippen LogP contribution is 2.49. The minimum absolute atomic E-state index is 0.544. The van der Waals surface area contributed by atoms with Gasteiger partial charge in [0.2, 0.25) is 0 Å². The minimum atomic E-state index is 0.544. The van der Waals surface area contributed by atoms with Crippen molar-refractivity contribution in [2.45, 2.75) is 18.8 Å². The number of rotatable bonds is 1. The molecule has 3 heteroatoms. The number of fused-ring (bicyclic) bond motifs is 3. The molecule has 1 aliphatic carbocycles. The van der Waals surface area contributed by atoms with Gasteiger partial charge >= 0.3 is 0 Å². The summed E-state index contributed by atoms with van der Waals surface area (Å²) in [7, 11) is 1.63. The number of methoxy groups -OCH3 is 1. The second-order valence-electron chi connectivity index (χ2n) is 5.01. The van der Waals surface area contributed by atoms with E-state index >= 15 is 0 Å². The largest absolute Gasteiger partial charge is 0.495 e. The number of nitrogens with zero attached hydrogens (tertiary/aromatic N) is 1. The minimum Gasteiger partial charge on any atom is -0.495 e. The van der Waals surface area contributed by atoms with Gasteiger partial charge in [0.05, 0.1) is 12.7 Å². The van der Waals surface area contributed by atoms with Crippen LogP contribution in [0, 0.1) is 17.2 Å². The Hall–Kier alpha value is -1.53. The van der Waals surface area contributed by atoms with E-state index < -0.39 is 0 Å². The summed E-state index contributed by atoms with van der Waals surface area (Å²) in [4.78, 5) is 0. The molecule has 0 spiro atoms. The van der Waals surface area contributed by atoms with E-state index in [4.69, 9.17) is 10.00 Å². The summed E-state index contributed by atoms with van der Waals surface area (Å²) in [6.45, 7) is 4.41. The van der Waals surface area contributed by atoms with E-state index in [9.17, 15) is 0 Å². The highest BCUT2D eigenvalue weighted by atomic mass is 16.5. The molecule has 1 aromatic rings. The molecule has 0 aromatic heterocycles. The average molecular weight is 228 g/mol. The summed E-state index contributed by atoms with van der Waals surface area (Å²) in [6, 6.07) is 6.32. The fourth-order valence-corrected chi connectivity index (χ4v) is 3.38. The molecule has 1 aromatic carbocycles. The molecule has 1 N–H and O–H groups in total. The molecule has 1 aliphatic heterocycles. The lowest BCUT2D eigenvalue weighted by molar-refractivity contribution is 0.412. The Balaban J connectivity index is 2.15. The summed E-state index contributed by atoms with van der Waals surface area (Å²) in [5.74, 6) is 2.54. The Kier molecular flexibility index (Phi) is 2.34. The van der Waals surface area contributed by atoms with Gasteiger partial charge in [0, 0.05) is 12.5 Å². The van der Waals surface area contributed by atoms with Gasteiger partial charge in [-0.1, -0.05) is 6.92 Å². The molecular weight excluding hydrogens is 212 g/mol. The Labute approximate surface area is 101 Å². The first-order chi connectivity index (χ1) is 8.26. The van der Waals surface area contributed by atoms with E-state index in [1.165, 1.54) is 11.1 Å². The third-order valence-corrected chi connectivity index (χ3v) is 4.32. The monoisotopic (exact) mass is 228 g/mol. The molecule has 1 heterocycles. The van der Waals surface area contributed by atoms with Crippen molar-refractivity contribution in [2.24, 2.45) is 5.92 Å². The summed E-state index contributed by atoms with van der Waals surface area (Å²) in [6.07, 6.45) is 0. The second-order valence-corrected chi connectivity index (χ2v) is 5.01. The van der Waals surface area contributed by atoms with Gasteiger partial charge in [0.15, 0.2) is 0 Å². The first-order valence-corrected chi connectivity index (χ1v) is 6.09. The van der Waals surface area contributed by atoms with Crippen LogP contribution in [0.5, 0.6) is 5.75 Å². The van der Waals surface area contributed by atoms with E-state index in [0.29, 0.717) is 29.1 Å². The van der Waals surface area contributed by atoms with Gasteiger partial charge in [-0.15, -0.1) is 0 Å². The van der Waals surface area contributed by atoms with Crippen LogP contribution in [0.4, 0.5) is 0 Å². The zero-order valence-electron chi connectivity index (χ0n) is 10.2. The summed E-state index contributed by atoms with van der Waals surface area (Å²) in [5, 5.41) is 12.6. The maximum Gasteiger partial charge on any atom is 0.136 e. The molecule has 0 radical (unpaired) electrons. The Morgan fingerprint density at radius 1 is 1.35 bits per heavy atom. The van der Waals surface area contributed by atoms with Crippen LogP contribution < -0.4 is 10.1 Å². The normalized spacial score (nSPS) is 29.6. The Bertz CT molecular complexity index is 504. The van der Waals surface area contributed by atoms with Gasteiger partial charge in [-0.25, -0.2) is 0 Å². The van der Waals surface area contributed by atoms with Crippen molar-refractivity contribution in [2.75, 3.05) is 20.2 Å². The maximum atomic E-state index is 9.13. The van der Waals surface area contributed by atoms with Crippen molar-refractivity contribution < 1.29 is 4.74 Å². The lowest BCUT2D eigenvalue weighted by Gasteiger charge is -2.12. The summed E-state index contributed by atoms with van der Waals surface area (Å²) in [5.41, 5.74) is 3.38. The first kappa shape index (κ1) is 10.6. The summed E-state index contributed by atoms with van der Waals surface area (Å²) < 4.78 is 5.30. The molecule has 0 saturated carbocycles. The molecule has 1 fully saturated rings. The van der Waals surface area contributed by atoms with Crippen molar-refractivity contribution >= 4 is 0 Å². The molecule has 0 amide bonds. The van der Waals surface area contributed by atoms with Crippen molar-refractivity contribution in [3.05, 3.63) is 28.8 Å². The molecular formula is C14H16N2O. The molecule has 88 valence electrons. The maximum absolute atomic E-state index is 9.13. The van der Waals surface area contributed by atoms with E-state index in [0.717, 1.165) is 13.1 Å². The van der Waals surface area contributed by atoms with Gasteiger partial charge in [0.1, 0.15) is 11.8 Å². The summed E-state index contributed by atoms with van der Waals surface area (Å²) >= 11 is 0. The highest BCUT2D eigenvalue weighted by molar-refractivity contribution is 5.54. The van der Waals surface area contributed by atoms with Crippen LogP contribution in [-0.4, -0.2) is 20.2 Å². The number of ether oxygens (including phenoxy) is 1. The van der Waals surface area contributed by atoms with Crippen LogP contribution in [0.15, 0.2) is 12.1 Å². The van der Waals surface area contributed by atoms with Crippen LogP contribution in [0.2, 0.25) is 0 Å². The topological polar surface area (TPSA) is 45.0 Å². The van der Waals surface area contributed by atoms with Gasteiger partial charge in [-0.3, -0.25) is 0 Å². The quantitative estimate of drug-likeness (QED) is 0.799. The predicted octanol–water partition coefficient (Wildman–Crippen LogP) is 1.99. The van der Waals surface area contributed by atoms with Crippen LogP contribution in [-0.2, 0) is 0 Å². The number of nitriles is 1. The van der Waals surface area contributed by atoms with Gasteiger partial charge in [-0.2, -0.15) is 5.26 Å². The third kappa shape index (κ3) is 1.37. The smallest absolute Gasteiger partial charge is 0.136 e. The SMILES string of the molecule is COc1cc2c(cc1C#N)C(C)C1CNCC21. The van der Waals surface area contributed by atoms with Crippen LogP contribution >= 0.6 is 0 Å². The van der Waals surface area contributed by atoms with Crippen molar-refractivity contribution in [1.82, 2.24) is 5.32 Å². The van der Waals surface area contributed by atoms with Crippen molar-refractivity contribution in [1.29, 1.82) is 5.26 Å². The van der Waals surface area contributed by atoms with E-state index in [1.807, 2.05) is 6.07 Å². The van der Waals surface area contributed by atoms with Crippen molar-refractivity contribution in [3.8, 4) is 11.8 Å². The fourth-order valence-electron chi connectivity index (χ4n) is 3.38.